The molecular formula is C13H10BrN5O3S. The molecule has 8 nitrogen and oxygen atoms in total. The van der Waals surface area contributed by atoms with Crippen LogP contribution in [0.3, 0.4) is 0 Å². The fourth-order valence-corrected chi connectivity index (χ4v) is 3.31. The fourth-order valence-electron chi connectivity index (χ4n) is 2.00. The first kappa shape index (κ1) is 15.6. The molecule has 3 aromatic rings. The van der Waals surface area contributed by atoms with Crippen molar-refractivity contribution in [3.8, 4) is 0 Å². The molecule has 2 heterocycles. The summed E-state index contributed by atoms with van der Waals surface area (Å²) in [5, 5.41) is 17.8. The molecule has 118 valence electrons. The van der Waals surface area contributed by atoms with Gasteiger partial charge in [0.1, 0.15) is 11.0 Å². The predicted octanol–water partition coefficient (Wildman–Crippen LogP) is 3.11. The van der Waals surface area contributed by atoms with Crippen LogP contribution in [0.25, 0.3) is 10.2 Å². The van der Waals surface area contributed by atoms with E-state index in [-0.39, 0.29) is 22.7 Å². The first-order valence-electron chi connectivity index (χ1n) is 6.48. The van der Waals surface area contributed by atoms with Crippen molar-refractivity contribution < 1.29 is 9.72 Å². The number of nitrogens with one attached hydrogen (secondary N) is 1. The zero-order valence-electron chi connectivity index (χ0n) is 11.8. The number of hydrogen-bond acceptors (Lipinski definition) is 6. The van der Waals surface area contributed by atoms with Crippen LogP contribution in [0.4, 0.5) is 10.9 Å². The van der Waals surface area contributed by atoms with Crippen LogP contribution in [0.1, 0.15) is 5.69 Å². The van der Waals surface area contributed by atoms with Crippen molar-refractivity contribution in [2.24, 2.45) is 0 Å². The van der Waals surface area contributed by atoms with E-state index in [0.717, 1.165) is 10.2 Å². The van der Waals surface area contributed by atoms with E-state index in [2.05, 4.69) is 31.3 Å². The smallest absolute Gasteiger partial charge is 0.358 e. The van der Waals surface area contributed by atoms with E-state index in [1.54, 1.807) is 6.92 Å². The Labute approximate surface area is 142 Å². The molecule has 1 aromatic carbocycles. The van der Waals surface area contributed by atoms with Crippen LogP contribution >= 0.6 is 27.3 Å². The highest BCUT2D eigenvalue weighted by molar-refractivity contribution is 9.10. The SMILES string of the molecule is Cc1c(Br)c([N+](=O)[O-])nn1CC(=O)Nc1nc2ccccc2s1. The molecule has 23 heavy (non-hydrogen) atoms. The van der Waals surface area contributed by atoms with Crippen molar-refractivity contribution in [1.82, 2.24) is 14.8 Å². The molecule has 0 radical (unpaired) electrons. The molecule has 1 N–H and O–H groups in total. The Morgan fingerprint density at radius 1 is 1.48 bits per heavy atom. The molecule has 0 saturated heterocycles. The summed E-state index contributed by atoms with van der Waals surface area (Å²) in [7, 11) is 0. The number of aromatic nitrogens is 3. The third kappa shape index (κ3) is 3.08. The zero-order chi connectivity index (χ0) is 16.6. The van der Waals surface area contributed by atoms with Crippen LogP contribution in [0.2, 0.25) is 0 Å². The van der Waals surface area contributed by atoms with E-state index in [4.69, 9.17) is 0 Å². The molecule has 10 heteroatoms. The molecule has 0 bridgehead atoms. The Morgan fingerprint density at radius 2 is 2.22 bits per heavy atom. The van der Waals surface area contributed by atoms with Gasteiger partial charge in [-0.15, -0.1) is 0 Å². The van der Waals surface area contributed by atoms with Gasteiger partial charge in [0.25, 0.3) is 0 Å². The third-order valence-electron chi connectivity index (χ3n) is 3.12. The average molecular weight is 396 g/mol. The summed E-state index contributed by atoms with van der Waals surface area (Å²) in [6.45, 7) is 1.52. The topological polar surface area (TPSA) is 103 Å². The summed E-state index contributed by atoms with van der Waals surface area (Å²) >= 11 is 4.48. The number of rotatable bonds is 4. The van der Waals surface area contributed by atoms with Crippen LogP contribution < -0.4 is 5.32 Å². The lowest BCUT2D eigenvalue weighted by Crippen LogP contribution is -2.20. The molecule has 0 saturated carbocycles. The lowest BCUT2D eigenvalue weighted by atomic mass is 10.3. The standard InChI is InChI=1S/C13H10BrN5O3S/c1-7-11(14)12(19(21)22)17-18(7)6-10(20)16-13-15-8-4-2-3-5-9(8)23-13/h2-5H,6H2,1H3,(H,15,16,20). The van der Waals surface area contributed by atoms with Crippen molar-refractivity contribution in [2.45, 2.75) is 13.5 Å². The number of nitrogens with zero attached hydrogens (tertiary/aromatic N) is 4. The minimum atomic E-state index is -0.598. The Kier molecular flexibility index (Phi) is 4.09. The first-order valence-corrected chi connectivity index (χ1v) is 8.09. The van der Waals surface area contributed by atoms with E-state index in [1.807, 2.05) is 24.3 Å². The van der Waals surface area contributed by atoms with Crippen molar-refractivity contribution in [3.63, 3.8) is 0 Å². The maximum absolute atomic E-state index is 12.1. The van der Waals surface area contributed by atoms with Gasteiger partial charge in [0.15, 0.2) is 5.13 Å². The summed E-state index contributed by atoms with van der Waals surface area (Å²) in [6, 6.07) is 7.55. The fraction of sp³-hybridized carbons (Fsp3) is 0.154. The Morgan fingerprint density at radius 3 is 2.87 bits per heavy atom. The van der Waals surface area contributed by atoms with Crippen LogP contribution in [-0.4, -0.2) is 25.6 Å². The van der Waals surface area contributed by atoms with Crippen LogP contribution in [-0.2, 0) is 11.3 Å². The van der Waals surface area contributed by atoms with Crippen LogP contribution in [0.15, 0.2) is 28.7 Å². The molecule has 0 spiro atoms. The number of amides is 1. The van der Waals surface area contributed by atoms with Crippen LogP contribution in [0, 0.1) is 17.0 Å². The highest BCUT2D eigenvalue weighted by Crippen LogP contribution is 2.27. The Hall–Kier alpha value is -2.33. The predicted molar refractivity (Wildman–Crippen MR) is 89.6 cm³/mol. The number of thiazole rings is 1. The number of anilines is 1. The number of para-hydroxylation sites is 1. The lowest BCUT2D eigenvalue weighted by molar-refractivity contribution is -0.390. The molecule has 2 aromatic heterocycles. The normalized spacial score (nSPS) is 10.9. The summed E-state index contributed by atoms with van der Waals surface area (Å²) < 4.78 is 2.52. The van der Waals surface area contributed by atoms with Gasteiger partial charge >= 0.3 is 5.82 Å². The number of carbonyl (C=O) groups is 1. The largest absolute Gasteiger partial charge is 0.404 e. The second-order valence-electron chi connectivity index (χ2n) is 4.67. The number of fused-ring (bicyclic) bond motifs is 1. The van der Waals surface area contributed by atoms with Gasteiger partial charge in [0.05, 0.1) is 21.0 Å². The minimum Gasteiger partial charge on any atom is -0.358 e. The van der Waals surface area contributed by atoms with Gasteiger partial charge in [-0.3, -0.25) is 4.79 Å². The number of carbonyl (C=O) groups excluding carboxylic acids is 1. The summed E-state index contributed by atoms with van der Waals surface area (Å²) in [4.78, 5) is 26.7. The van der Waals surface area contributed by atoms with E-state index in [1.165, 1.54) is 16.0 Å². The minimum absolute atomic E-state index is 0.131. The molecule has 0 aliphatic rings. The maximum atomic E-state index is 12.1. The Bertz CT molecular complexity index is 887. The number of halogens is 1. The molecule has 0 unspecified atom stereocenters. The number of hydrogen-bond donors (Lipinski definition) is 1. The molecule has 0 atom stereocenters. The van der Waals surface area contributed by atoms with Gasteiger partial charge in [-0.05, 0) is 39.9 Å². The van der Waals surface area contributed by atoms with E-state index in [9.17, 15) is 14.9 Å². The molecule has 0 fully saturated rings. The monoisotopic (exact) mass is 395 g/mol. The van der Waals surface area contributed by atoms with E-state index < -0.39 is 4.92 Å². The first-order chi connectivity index (χ1) is 11.0. The highest BCUT2D eigenvalue weighted by atomic mass is 79.9. The van der Waals surface area contributed by atoms with Crippen molar-refractivity contribution in [1.29, 1.82) is 0 Å². The molecule has 3 rings (SSSR count). The average Bonchev–Trinajstić information content (AvgIpc) is 3.02. The molecular weight excluding hydrogens is 386 g/mol. The quantitative estimate of drug-likeness (QED) is 0.539. The van der Waals surface area contributed by atoms with Crippen LogP contribution in [0.5, 0.6) is 0 Å². The van der Waals surface area contributed by atoms with Gasteiger partial charge in [-0.2, -0.15) is 4.68 Å². The van der Waals surface area contributed by atoms with E-state index in [0.29, 0.717) is 10.8 Å². The summed E-state index contributed by atoms with van der Waals surface area (Å²) in [5.74, 6) is -0.660. The second-order valence-corrected chi connectivity index (χ2v) is 6.50. The maximum Gasteiger partial charge on any atom is 0.404 e. The van der Waals surface area contributed by atoms with Crippen molar-refractivity contribution >= 4 is 54.3 Å². The van der Waals surface area contributed by atoms with Gasteiger partial charge in [0.2, 0.25) is 5.91 Å². The highest BCUT2D eigenvalue weighted by Gasteiger charge is 2.24. The third-order valence-corrected chi connectivity index (χ3v) is 5.00. The summed E-state index contributed by atoms with van der Waals surface area (Å²) in [5.41, 5.74) is 1.32. The molecule has 0 aliphatic carbocycles. The number of benzene rings is 1. The molecule has 0 aliphatic heterocycles. The Balaban J connectivity index is 1.77. The van der Waals surface area contributed by atoms with E-state index >= 15 is 0 Å². The lowest BCUT2D eigenvalue weighted by Gasteiger charge is -2.00. The van der Waals surface area contributed by atoms with Gasteiger partial charge in [-0.1, -0.05) is 23.5 Å². The van der Waals surface area contributed by atoms with Gasteiger partial charge in [-0.25, -0.2) is 4.98 Å². The van der Waals surface area contributed by atoms with Gasteiger partial charge < -0.3 is 15.4 Å². The zero-order valence-corrected chi connectivity index (χ0v) is 14.2. The van der Waals surface area contributed by atoms with Gasteiger partial charge in [0, 0.05) is 0 Å². The molecule has 1 amide bonds. The summed E-state index contributed by atoms with van der Waals surface area (Å²) in [6.07, 6.45) is 0. The van der Waals surface area contributed by atoms with Crippen molar-refractivity contribution in [2.75, 3.05) is 5.32 Å². The number of nitro groups is 1. The van der Waals surface area contributed by atoms with Crippen molar-refractivity contribution in [3.05, 3.63) is 44.5 Å². The second kappa shape index (κ2) is 6.05.